The Bertz CT molecular complexity index is 630. The van der Waals surface area contributed by atoms with Crippen LogP contribution in [0.15, 0.2) is 53.3 Å². The second-order valence-electron chi connectivity index (χ2n) is 5.38. The first kappa shape index (κ1) is 14.3. The van der Waals surface area contributed by atoms with Crippen LogP contribution in [0.1, 0.15) is 28.8 Å². The van der Waals surface area contributed by atoms with Gasteiger partial charge in [0.1, 0.15) is 0 Å². The van der Waals surface area contributed by atoms with E-state index in [9.17, 15) is 4.79 Å². The Morgan fingerprint density at radius 1 is 1.29 bits per heavy atom. The third-order valence-corrected chi connectivity index (χ3v) is 4.34. The van der Waals surface area contributed by atoms with Crippen LogP contribution in [0.4, 0.5) is 0 Å². The number of amides is 1. The van der Waals surface area contributed by atoms with Crippen LogP contribution in [0.3, 0.4) is 0 Å². The van der Waals surface area contributed by atoms with Crippen molar-refractivity contribution in [3.05, 3.63) is 64.4 Å². The van der Waals surface area contributed by atoms with E-state index in [0.29, 0.717) is 11.6 Å². The predicted octanol–water partition coefficient (Wildman–Crippen LogP) is 3.69. The summed E-state index contributed by atoms with van der Waals surface area (Å²) >= 11 is 3.37. The topological polar surface area (TPSA) is 33.2 Å². The first-order valence-electron chi connectivity index (χ1n) is 7.19. The fourth-order valence-corrected chi connectivity index (χ4v) is 3.26. The van der Waals surface area contributed by atoms with Crippen molar-refractivity contribution in [1.82, 2.24) is 9.88 Å². The quantitative estimate of drug-likeness (QED) is 0.850. The van der Waals surface area contributed by atoms with Crippen LogP contribution in [0.25, 0.3) is 0 Å². The zero-order chi connectivity index (χ0) is 14.7. The third-order valence-electron chi connectivity index (χ3n) is 3.90. The van der Waals surface area contributed by atoms with Crippen LogP contribution in [0, 0.1) is 0 Å². The first-order valence-corrected chi connectivity index (χ1v) is 7.99. The molecular formula is C17H17BrN2O. The average molecular weight is 345 g/mol. The van der Waals surface area contributed by atoms with E-state index in [1.165, 1.54) is 5.56 Å². The lowest BCUT2D eigenvalue weighted by atomic mass is 10.0. The van der Waals surface area contributed by atoms with Crippen molar-refractivity contribution in [3.8, 4) is 0 Å². The molecule has 4 heteroatoms. The molecule has 2 aromatic rings. The van der Waals surface area contributed by atoms with Crippen LogP contribution in [0.5, 0.6) is 0 Å². The summed E-state index contributed by atoms with van der Waals surface area (Å²) in [6.45, 7) is 0.836. The molecule has 1 unspecified atom stereocenters. The van der Waals surface area contributed by atoms with Gasteiger partial charge in [0.25, 0.3) is 5.91 Å². The molecule has 3 nitrogen and oxygen atoms in total. The van der Waals surface area contributed by atoms with Crippen LogP contribution in [-0.4, -0.2) is 28.4 Å². The van der Waals surface area contributed by atoms with E-state index < -0.39 is 0 Å². The highest BCUT2D eigenvalue weighted by molar-refractivity contribution is 9.10. The number of halogens is 1. The molecule has 1 amide bonds. The Balaban J connectivity index is 1.76. The summed E-state index contributed by atoms with van der Waals surface area (Å²) < 4.78 is 0.840. The van der Waals surface area contributed by atoms with Gasteiger partial charge in [0.2, 0.25) is 0 Å². The summed E-state index contributed by atoms with van der Waals surface area (Å²) in [5.41, 5.74) is 1.94. The minimum absolute atomic E-state index is 0.0854. The lowest BCUT2D eigenvalue weighted by molar-refractivity contribution is 0.0736. The number of aromatic nitrogens is 1. The van der Waals surface area contributed by atoms with E-state index in [0.717, 1.165) is 30.3 Å². The van der Waals surface area contributed by atoms with Crippen molar-refractivity contribution < 1.29 is 4.79 Å². The Hall–Kier alpha value is -1.68. The van der Waals surface area contributed by atoms with Gasteiger partial charge in [-0.25, -0.2) is 0 Å². The molecule has 0 bridgehead atoms. The number of likely N-dealkylation sites (tertiary alicyclic amines) is 1. The largest absolute Gasteiger partial charge is 0.335 e. The summed E-state index contributed by atoms with van der Waals surface area (Å²) in [6, 6.07) is 12.5. The summed E-state index contributed by atoms with van der Waals surface area (Å²) in [5.74, 6) is 0.0854. The van der Waals surface area contributed by atoms with E-state index in [4.69, 9.17) is 0 Å². The molecule has 0 radical (unpaired) electrons. The van der Waals surface area contributed by atoms with Gasteiger partial charge in [0, 0.05) is 29.5 Å². The maximum Gasteiger partial charge on any atom is 0.255 e. The number of carbonyl (C=O) groups is 1. The van der Waals surface area contributed by atoms with Crippen LogP contribution < -0.4 is 0 Å². The number of nitrogens with zero attached hydrogens (tertiary/aromatic N) is 2. The number of pyridine rings is 1. The van der Waals surface area contributed by atoms with E-state index in [1.54, 1.807) is 12.4 Å². The molecule has 1 aliphatic heterocycles. The van der Waals surface area contributed by atoms with Gasteiger partial charge in [-0.2, -0.15) is 0 Å². The minimum Gasteiger partial charge on any atom is -0.335 e. The summed E-state index contributed by atoms with van der Waals surface area (Å²) in [7, 11) is 0. The van der Waals surface area contributed by atoms with Gasteiger partial charge in [0.15, 0.2) is 0 Å². The lowest BCUT2D eigenvalue weighted by Crippen LogP contribution is -2.36. The number of carbonyl (C=O) groups excluding carboxylic acids is 1. The van der Waals surface area contributed by atoms with Gasteiger partial charge in [-0.15, -0.1) is 0 Å². The van der Waals surface area contributed by atoms with E-state index in [1.807, 2.05) is 17.0 Å². The molecule has 0 aliphatic carbocycles. The highest BCUT2D eigenvalue weighted by Gasteiger charge is 2.29. The maximum atomic E-state index is 12.7. The molecule has 0 spiro atoms. The van der Waals surface area contributed by atoms with Gasteiger partial charge in [0.05, 0.1) is 5.56 Å². The smallest absolute Gasteiger partial charge is 0.255 e. The number of benzene rings is 1. The van der Waals surface area contributed by atoms with Gasteiger partial charge >= 0.3 is 0 Å². The highest BCUT2D eigenvalue weighted by atomic mass is 79.9. The lowest BCUT2D eigenvalue weighted by Gasteiger charge is -2.25. The Labute approximate surface area is 133 Å². The number of hydrogen-bond acceptors (Lipinski definition) is 2. The van der Waals surface area contributed by atoms with Gasteiger partial charge < -0.3 is 4.90 Å². The van der Waals surface area contributed by atoms with Gasteiger partial charge in [-0.1, -0.05) is 30.3 Å². The molecular weight excluding hydrogens is 328 g/mol. The van der Waals surface area contributed by atoms with Crippen molar-refractivity contribution in [2.24, 2.45) is 0 Å². The van der Waals surface area contributed by atoms with Crippen molar-refractivity contribution in [2.75, 3.05) is 6.54 Å². The van der Waals surface area contributed by atoms with Gasteiger partial charge in [-0.05, 0) is 46.8 Å². The molecule has 2 heterocycles. The molecule has 0 saturated carbocycles. The van der Waals surface area contributed by atoms with E-state index in [-0.39, 0.29) is 5.91 Å². The van der Waals surface area contributed by atoms with Crippen molar-refractivity contribution in [1.29, 1.82) is 0 Å². The van der Waals surface area contributed by atoms with Gasteiger partial charge in [-0.3, -0.25) is 9.78 Å². The maximum absolute atomic E-state index is 12.7. The molecule has 1 atom stereocenters. The summed E-state index contributed by atoms with van der Waals surface area (Å²) in [5, 5.41) is 0. The van der Waals surface area contributed by atoms with Crippen molar-refractivity contribution >= 4 is 21.8 Å². The Morgan fingerprint density at radius 2 is 2.10 bits per heavy atom. The first-order chi connectivity index (χ1) is 10.2. The number of rotatable bonds is 3. The molecule has 1 fully saturated rings. The van der Waals surface area contributed by atoms with E-state index >= 15 is 0 Å². The Kier molecular flexibility index (Phi) is 4.34. The monoisotopic (exact) mass is 344 g/mol. The molecule has 0 N–H and O–H groups in total. The highest BCUT2D eigenvalue weighted by Crippen LogP contribution is 2.24. The molecule has 108 valence electrons. The normalized spacial score (nSPS) is 18.0. The second kappa shape index (κ2) is 6.39. The molecule has 1 aromatic carbocycles. The molecule has 1 aromatic heterocycles. The third kappa shape index (κ3) is 3.32. The average Bonchev–Trinajstić information content (AvgIpc) is 2.95. The molecule has 1 aliphatic rings. The predicted molar refractivity (Wildman–Crippen MR) is 86.1 cm³/mol. The fraction of sp³-hybridized carbons (Fsp3) is 0.294. The Morgan fingerprint density at radius 3 is 2.86 bits per heavy atom. The zero-order valence-corrected chi connectivity index (χ0v) is 13.3. The van der Waals surface area contributed by atoms with Crippen molar-refractivity contribution in [3.63, 3.8) is 0 Å². The van der Waals surface area contributed by atoms with Crippen LogP contribution in [-0.2, 0) is 6.42 Å². The SMILES string of the molecule is O=C(c1cncc(Br)c1)N1CCCC1Cc1ccccc1. The molecule has 21 heavy (non-hydrogen) atoms. The fourth-order valence-electron chi connectivity index (χ4n) is 2.90. The standard InChI is InChI=1S/C17H17BrN2O/c18-15-10-14(11-19-12-15)17(21)20-8-4-7-16(20)9-13-5-2-1-3-6-13/h1-3,5-6,10-12,16H,4,7-9H2. The minimum atomic E-state index is 0.0854. The summed E-state index contributed by atoms with van der Waals surface area (Å²) in [6.07, 6.45) is 6.41. The zero-order valence-electron chi connectivity index (χ0n) is 11.7. The van der Waals surface area contributed by atoms with Crippen LogP contribution >= 0.6 is 15.9 Å². The summed E-state index contributed by atoms with van der Waals surface area (Å²) in [4.78, 5) is 18.8. The second-order valence-corrected chi connectivity index (χ2v) is 6.29. The van der Waals surface area contributed by atoms with E-state index in [2.05, 4.69) is 45.2 Å². The number of hydrogen-bond donors (Lipinski definition) is 0. The molecule has 3 rings (SSSR count). The van der Waals surface area contributed by atoms with Crippen molar-refractivity contribution in [2.45, 2.75) is 25.3 Å². The molecule has 1 saturated heterocycles. The van der Waals surface area contributed by atoms with Crippen LogP contribution in [0.2, 0.25) is 0 Å².